The number of amides is 2. The van der Waals surface area contributed by atoms with E-state index in [1.165, 1.54) is 4.90 Å². The van der Waals surface area contributed by atoms with Crippen molar-refractivity contribution in [2.45, 2.75) is 20.4 Å². The van der Waals surface area contributed by atoms with Crippen molar-refractivity contribution in [3.8, 4) is 0 Å². The highest BCUT2D eigenvalue weighted by Gasteiger charge is 2.22. The maximum atomic E-state index is 12.7. The third-order valence-electron chi connectivity index (χ3n) is 4.18. The Morgan fingerprint density at radius 3 is 2.48 bits per heavy atom. The van der Waals surface area contributed by atoms with Crippen LogP contribution in [-0.4, -0.2) is 18.9 Å². The molecule has 0 aliphatic carbocycles. The summed E-state index contributed by atoms with van der Waals surface area (Å²) in [6.45, 7) is 4.07. The standard InChI is InChI=1S/C20H19BrN2O4/c1-12-10-14(13(2)26-12)11-22-19(24)15-6-4-5-7-16(15)23(3)20(25)17-8-9-18(21)27-17/h4-10H,11H2,1-3H3,(H,22,24). The molecule has 7 heteroatoms. The molecule has 0 spiro atoms. The fourth-order valence-corrected chi connectivity index (χ4v) is 3.10. The summed E-state index contributed by atoms with van der Waals surface area (Å²) in [5.41, 5.74) is 1.81. The first-order chi connectivity index (χ1) is 12.9. The predicted molar refractivity (Wildman–Crippen MR) is 105 cm³/mol. The first-order valence-corrected chi connectivity index (χ1v) is 9.12. The maximum absolute atomic E-state index is 12.7. The molecule has 0 fully saturated rings. The Kier molecular flexibility index (Phi) is 5.51. The van der Waals surface area contributed by atoms with Crippen molar-refractivity contribution in [2.24, 2.45) is 0 Å². The second kappa shape index (κ2) is 7.84. The number of furan rings is 2. The molecule has 0 unspecified atom stereocenters. The Morgan fingerprint density at radius 2 is 1.85 bits per heavy atom. The van der Waals surface area contributed by atoms with Crippen molar-refractivity contribution >= 4 is 33.4 Å². The van der Waals surface area contributed by atoms with Crippen LogP contribution in [0.4, 0.5) is 5.69 Å². The number of benzene rings is 1. The van der Waals surface area contributed by atoms with Crippen molar-refractivity contribution in [1.82, 2.24) is 5.32 Å². The lowest BCUT2D eigenvalue weighted by Crippen LogP contribution is -2.30. The van der Waals surface area contributed by atoms with Crippen molar-refractivity contribution in [2.75, 3.05) is 11.9 Å². The Bertz CT molecular complexity index is 990. The van der Waals surface area contributed by atoms with E-state index in [1.54, 1.807) is 43.4 Å². The summed E-state index contributed by atoms with van der Waals surface area (Å²) in [4.78, 5) is 26.7. The van der Waals surface area contributed by atoms with Crippen LogP contribution in [-0.2, 0) is 6.54 Å². The summed E-state index contributed by atoms with van der Waals surface area (Å²) in [5, 5.41) is 2.88. The lowest BCUT2D eigenvalue weighted by Gasteiger charge is -2.19. The van der Waals surface area contributed by atoms with Crippen molar-refractivity contribution in [3.05, 3.63) is 75.5 Å². The largest absolute Gasteiger partial charge is 0.466 e. The van der Waals surface area contributed by atoms with Gasteiger partial charge in [0.25, 0.3) is 11.8 Å². The second-order valence-corrected chi connectivity index (χ2v) is 6.89. The van der Waals surface area contributed by atoms with Gasteiger partial charge in [-0.3, -0.25) is 9.59 Å². The molecule has 0 aliphatic rings. The van der Waals surface area contributed by atoms with E-state index in [1.807, 2.05) is 19.9 Å². The van der Waals surface area contributed by atoms with Gasteiger partial charge < -0.3 is 19.1 Å². The van der Waals surface area contributed by atoms with Crippen LogP contribution in [0.2, 0.25) is 0 Å². The van der Waals surface area contributed by atoms with Gasteiger partial charge in [0.15, 0.2) is 10.4 Å². The number of hydrogen-bond donors (Lipinski definition) is 1. The molecular formula is C20H19BrN2O4. The third kappa shape index (κ3) is 4.14. The molecular weight excluding hydrogens is 412 g/mol. The zero-order valence-electron chi connectivity index (χ0n) is 15.2. The van der Waals surface area contributed by atoms with E-state index in [9.17, 15) is 9.59 Å². The van der Waals surface area contributed by atoms with E-state index in [-0.39, 0.29) is 17.6 Å². The van der Waals surface area contributed by atoms with E-state index < -0.39 is 0 Å². The quantitative estimate of drug-likeness (QED) is 0.648. The molecule has 27 heavy (non-hydrogen) atoms. The molecule has 2 amide bonds. The molecule has 2 heterocycles. The number of carbonyl (C=O) groups is 2. The lowest BCUT2D eigenvalue weighted by atomic mass is 10.1. The molecule has 3 aromatic rings. The number of hydrogen-bond acceptors (Lipinski definition) is 4. The molecule has 0 atom stereocenters. The smallest absolute Gasteiger partial charge is 0.293 e. The highest BCUT2D eigenvalue weighted by Crippen LogP contribution is 2.23. The predicted octanol–water partition coefficient (Wildman–Crippen LogP) is 4.46. The van der Waals surface area contributed by atoms with Gasteiger partial charge in [0, 0.05) is 19.2 Å². The number of halogens is 1. The van der Waals surface area contributed by atoms with Gasteiger partial charge in [-0.15, -0.1) is 0 Å². The second-order valence-electron chi connectivity index (χ2n) is 6.11. The van der Waals surface area contributed by atoms with Gasteiger partial charge in [-0.1, -0.05) is 12.1 Å². The summed E-state index contributed by atoms with van der Waals surface area (Å²) >= 11 is 3.18. The Labute approximate surface area is 165 Å². The Morgan fingerprint density at radius 1 is 1.11 bits per heavy atom. The Balaban J connectivity index is 1.79. The minimum atomic E-state index is -0.345. The molecule has 3 rings (SSSR count). The molecule has 1 aromatic carbocycles. The van der Waals surface area contributed by atoms with Crippen LogP contribution >= 0.6 is 15.9 Å². The van der Waals surface area contributed by atoms with Crippen LogP contribution in [0.25, 0.3) is 0 Å². The topological polar surface area (TPSA) is 75.7 Å². The van der Waals surface area contributed by atoms with E-state index in [4.69, 9.17) is 8.83 Å². The number of aryl methyl sites for hydroxylation is 2. The van der Waals surface area contributed by atoms with Crippen molar-refractivity contribution < 1.29 is 18.4 Å². The van der Waals surface area contributed by atoms with Crippen LogP contribution in [0, 0.1) is 13.8 Å². The minimum absolute atomic E-state index is 0.184. The zero-order valence-corrected chi connectivity index (χ0v) is 16.8. The summed E-state index contributed by atoms with van der Waals surface area (Å²) < 4.78 is 11.3. The van der Waals surface area contributed by atoms with Crippen LogP contribution in [0.5, 0.6) is 0 Å². The van der Waals surface area contributed by atoms with Gasteiger partial charge in [0.05, 0.1) is 11.3 Å². The van der Waals surface area contributed by atoms with Gasteiger partial charge >= 0.3 is 0 Å². The monoisotopic (exact) mass is 430 g/mol. The van der Waals surface area contributed by atoms with Crippen LogP contribution in [0.15, 0.2) is 56.0 Å². The van der Waals surface area contributed by atoms with Gasteiger partial charge in [-0.25, -0.2) is 0 Å². The zero-order chi connectivity index (χ0) is 19.6. The minimum Gasteiger partial charge on any atom is -0.466 e. The van der Waals surface area contributed by atoms with Crippen LogP contribution in [0.1, 0.15) is 38.0 Å². The number of carbonyl (C=O) groups excluding carboxylic acids is 2. The van der Waals surface area contributed by atoms with Crippen LogP contribution < -0.4 is 10.2 Å². The molecule has 6 nitrogen and oxygen atoms in total. The summed E-state index contributed by atoms with van der Waals surface area (Å²) in [6, 6.07) is 12.1. The number of nitrogens with zero attached hydrogens (tertiary/aromatic N) is 1. The first kappa shape index (κ1) is 19.0. The molecule has 2 aromatic heterocycles. The summed E-state index contributed by atoms with van der Waals surface area (Å²) in [6.07, 6.45) is 0. The van der Waals surface area contributed by atoms with E-state index >= 15 is 0 Å². The molecule has 0 radical (unpaired) electrons. The fraction of sp³-hybridized carbons (Fsp3) is 0.200. The molecule has 140 valence electrons. The van der Waals surface area contributed by atoms with E-state index in [2.05, 4.69) is 21.2 Å². The van der Waals surface area contributed by atoms with Crippen LogP contribution in [0.3, 0.4) is 0 Å². The number of anilines is 1. The average molecular weight is 431 g/mol. The molecule has 0 saturated carbocycles. The van der Waals surface area contributed by atoms with E-state index in [0.717, 1.165) is 17.1 Å². The van der Waals surface area contributed by atoms with E-state index in [0.29, 0.717) is 22.5 Å². The molecule has 0 bridgehead atoms. The molecule has 0 aliphatic heterocycles. The highest BCUT2D eigenvalue weighted by atomic mass is 79.9. The number of rotatable bonds is 5. The normalized spacial score (nSPS) is 10.7. The SMILES string of the molecule is Cc1cc(CNC(=O)c2ccccc2N(C)C(=O)c2ccc(Br)o2)c(C)o1. The number of para-hydroxylation sites is 1. The Hall–Kier alpha value is -2.80. The van der Waals surface area contributed by atoms with Gasteiger partial charge in [-0.2, -0.15) is 0 Å². The van der Waals surface area contributed by atoms with Gasteiger partial charge in [-0.05, 0) is 60.1 Å². The number of nitrogens with one attached hydrogen (secondary N) is 1. The summed E-state index contributed by atoms with van der Waals surface area (Å²) in [7, 11) is 1.61. The third-order valence-corrected chi connectivity index (χ3v) is 4.61. The average Bonchev–Trinajstić information content (AvgIpc) is 3.23. The summed E-state index contributed by atoms with van der Waals surface area (Å²) in [5.74, 6) is 1.14. The van der Waals surface area contributed by atoms with Gasteiger partial charge in [0.1, 0.15) is 11.5 Å². The first-order valence-electron chi connectivity index (χ1n) is 8.33. The van der Waals surface area contributed by atoms with Crippen molar-refractivity contribution in [3.63, 3.8) is 0 Å². The fourth-order valence-electron chi connectivity index (χ4n) is 2.79. The molecule has 1 N–H and O–H groups in total. The van der Waals surface area contributed by atoms with Gasteiger partial charge in [0.2, 0.25) is 0 Å². The highest BCUT2D eigenvalue weighted by molar-refractivity contribution is 9.10. The molecule has 0 saturated heterocycles. The lowest BCUT2D eigenvalue weighted by molar-refractivity contribution is 0.0951. The maximum Gasteiger partial charge on any atom is 0.293 e. The van der Waals surface area contributed by atoms with Crippen molar-refractivity contribution in [1.29, 1.82) is 0 Å².